The number of rotatable bonds is 4. The Bertz CT molecular complexity index is 472. The van der Waals surface area contributed by atoms with Crippen molar-refractivity contribution in [2.75, 3.05) is 6.61 Å². The van der Waals surface area contributed by atoms with Crippen molar-refractivity contribution in [3.63, 3.8) is 0 Å². The average molecular weight is 272 g/mol. The number of ketones is 1. The van der Waals surface area contributed by atoms with Crippen LogP contribution in [0.5, 0.6) is 5.75 Å². The molecule has 0 amide bonds. The Morgan fingerprint density at radius 3 is 2.75 bits per heavy atom. The van der Waals surface area contributed by atoms with Crippen LogP contribution in [0.3, 0.4) is 0 Å². The van der Waals surface area contributed by atoms with Gasteiger partial charge in [0.25, 0.3) is 0 Å². The van der Waals surface area contributed by atoms with Crippen molar-refractivity contribution >= 4 is 5.78 Å². The van der Waals surface area contributed by atoms with E-state index in [2.05, 4.69) is 6.07 Å². The van der Waals surface area contributed by atoms with Gasteiger partial charge in [-0.3, -0.25) is 4.79 Å². The smallest absolute Gasteiger partial charge is 0.163 e. The first kappa shape index (κ1) is 13.7. The van der Waals surface area contributed by atoms with Crippen molar-refractivity contribution in [1.29, 1.82) is 0 Å². The fourth-order valence-electron chi connectivity index (χ4n) is 3.53. The summed E-state index contributed by atoms with van der Waals surface area (Å²) in [5.41, 5.74) is 2.09. The number of hydrogen-bond donors (Lipinski definition) is 0. The molecule has 1 saturated carbocycles. The van der Waals surface area contributed by atoms with Gasteiger partial charge in [-0.25, -0.2) is 0 Å². The van der Waals surface area contributed by atoms with E-state index < -0.39 is 0 Å². The van der Waals surface area contributed by atoms with E-state index in [1.165, 1.54) is 44.1 Å². The highest BCUT2D eigenvalue weighted by atomic mass is 16.5. The summed E-state index contributed by atoms with van der Waals surface area (Å²) in [6.07, 6.45) is 10.8. The molecule has 0 saturated heterocycles. The van der Waals surface area contributed by atoms with E-state index in [9.17, 15) is 4.79 Å². The van der Waals surface area contributed by atoms with Crippen LogP contribution in [0.2, 0.25) is 0 Å². The van der Waals surface area contributed by atoms with Crippen LogP contribution < -0.4 is 4.74 Å². The molecule has 0 aromatic heterocycles. The second-order valence-electron chi connectivity index (χ2n) is 6.24. The van der Waals surface area contributed by atoms with E-state index in [-0.39, 0.29) is 0 Å². The lowest BCUT2D eigenvalue weighted by atomic mass is 9.87. The Labute approximate surface area is 121 Å². The van der Waals surface area contributed by atoms with Crippen molar-refractivity contribution in [2.24, 2.45) is 5.92 Å². The topological polar surface area (TPSA) is 26.3 Å². The SMILES string of the molecule is O=C1CCCc2cc(OCCC3CCCCC3)ccc21. The number of ether oxygens (including phenoxy) is 1. The predicted molar refractivity (Wildman–Crippen MR) is 80.4 cm³/mol. The number of Topliss-reactive ketones (excluding diaryl/α,β-unsaturated/α-hetero) is 1. The van der Waals surface area contributed by atoms with E-state index in [0.29, 0.717) is 12.2 Å². The van der Waals surface area contributed by atoms with E-state index >= 15 is 0 Å². The normalized spacial score (nSPS) is 19.7. The Morgan fingerprint density at radius 1 is 1.05 bits per heavy atom. The molecule has 1 fully saturated rings. The van der Waals surface area contributed by atoms with Crippen LogP contribution in [-0.2, 0) is 6.42 Å². The molecule has 0 spiro atoms. The van der Waals surface area contributed by atoms with Gasteiger partial charge in [0.05, 0.1) is 6.61 Å². The predicted octanol–water partition coefficient (Wildman–Crippen LogP) is 4.55. The minimum absolute atomic E-state index is 0.292. The summed E-state index contributed by atoms with van der Waals surface area (Å²) >= 11 is 0. The Morgan fingerprint density at radius 2 is 1.90 bits per heavy atom. The molecule has 0 aliphatic heterocycles. The number of carbonyl (C=O) groups is 1. The number of aryl methyl sites for hydroxylation is 1. The molecule has 1 aromatic carbocycles. The molecule has 2 aliphatic rings. The highest BCUT2D eigenvalue weighted by molar-refractivity contribution is 5.98. The molecule has 20 heavy (non-hydrogen) atoms. The first-order valence-corrected chi connectivity index (χ1v) is 8.12. The quantitative estimate of drug-likeness (QED) is 0.803. The molecule has 0 bridgehead atoms. The summed E-state index contributed by atoms with van der Waals surface area (Å²) < 4.78 is 5.90. The van der Waals surface area contributed by atoms with E-state index in [0.717, 1.165) is 36.7 Å². The fraction of sp³-hybridized carbons (Fsp3) is 0.611. The van der Waals surface area contributed by atoms with E-state index in [1.54, 1.807) is 0 Å². The lowest BCUT2D eigenvalue weighted by Gasteiger charge is -2.21. The maximum Gasteiger partial charge on any atom is 0.163 e. The largest absolute Gasteiger partial charge is 0.494 e. The van der Waals surface area contributed by atoms with E-state index in [4.69, 9.17) is 4.74 Å². The molecule has 1 aromatic rings. The Kier molecular flexibility index (Phi) is 4.39. The van der Waals surface area contributed by atoms with Crippen LogP contribution in [0.25, 0.3) is 0 Å². The first-order chi connectivity index (χ1) is 9.83. The highest BCUT2D eigenvalue weighted by Gasteiger charge is 2.17. The Balaban J connectivity index is 1.54. The molecule has 0 heterocycles. The molecule has 2 aliphatic carbocycles. The van der Waals surface area contributed by atoms with Crippen molar-refractivity contribution in [3.05, 3.63) is 29.3 Å². The Hall–Kier alpha value is -1.31. The zero-order chi connectivity index (χ0) is 13.8. The minimum Gasteiger partial charge on any atom is -0.494 e. The van der Waals surface area contributed by atoms with Crippen molar-refractivity contribution in [1.82, 2.24) is 0 Å². The van der Waals surface area contributed by atoms with Gasteiger partial charge >= 0.3 is 0 Å². The molecule has 0 unspecified atom stereocenters. The van der Waals surface area contributed by atoms with Gasteiger partial charge in [0, 0.05) is 12.0 Å². The average Bonchev–Trinajstić information content (AvgIpc) is 2.48. The standard InChI is InChI=1S/C18H24O2/c19-18-8-4-7-15-13-16(9-10-17(15)18)20-12-11-14-5-2-1-3-6-14/h9-10,13-14H,1-8,11-12H2. The maximum absolute atomic E-state index is 11.8. The second kappa shape index (κ2) is 6.43. The van der Waals surface area contributed by atoms with Crippen molar-refractivity contribution in [2.45, 2.75) is 57.8 Å². The molecule has 108 valence electrons. The van der Waals surface area contributed by atoms with Gasteiger partial charge in [-0.05, 0) is 48.9 Å². The van der Waals surface area contributed by atoms with Gasteiger partial charge in [0.1, 0.15) is 5.75 Å². The van der Waals surface area contributed by atoms with Gasteiger partial charge in [-0.2, -0.15) is 0 Å². The first-order valence-electron chi connectivity index (χ1n) is 8.12. The molecule has 2 heteroatoms. The van der Waals surface area contributed by atoms with Crippen molar-refractivity contribution in [3.8, 4) is 5.75 Å². The summed E-state index contributed by atoms with van der Waals surface area (Å²) in [7, 11) is 0. The lowest BCUT2D eigenvalue weighted by Crippen LogP contribution is -2.12. The van der Waals surface area contributed by atoms with Crippen LogP contribution in [-0.4, -0.2) is 12.4 Å². The third kappa shape index (κ3) is 3.23. The zero-order valence-electron chi connectivity index (χ0n) is 12.2. The van der Waals surface area contributed by atoms with Crippen LogP contribution >= 0.6 is 0 Å². The highest BCUT2D eigenvalue weighted by Crippen LogP contribution is 2.28. The van der Waals surface area contributed by atoms with Gasteiger partial charge in [-0.15, -0.1) is 0 Å². The molecule has 0 atom stereocenters. The summed E-state index contributed by atoms with van der Waals surface area (Å²) in [6.45, 7) is 0.817. The number of benzene rings is 1. The third-order valence-electron chi connectivity index (χ3n) is 4.75. The monoisotopic (exact) mass is 272 g/mol. The van der Waals surface area contributed by atoms with Gasteiger partial charge in [-0.1, -0.05) is 32.1 Å². The summed E-state index contributed by atoms with van der Waals surface area (Å²) in [5, 5.41) is 0. The zero-order valence-corrected chi connectivity index (χ0v) is 12.2. The fourth-order valence-corrected chi connectivity index (χ4v) is 3.53. The molecule has 3 rings (SSSR count). The second-order valence-corrected chi connectivity index (χ2v) is 6.24. The van der Waals surface area contributed by atoms with Crippen LogP contribution in [0, 0.1) is 5.92 Å². The van der Waals surface area contributed by atoms with Gasteiger partial charge < -0.3 is 4.74 Å². The molecule has 0 N–H and O–H groups in total. The van der Waals surface area contributed by atoms with Gasteiger partial charge in [0.15, 0.2) is 5.78 Å². The van der Waals surface area contributed by atoms with Gasteiger partial charge in [0.2, 0.25) is 0 Å². The number of hydrogen-bond acceptors (Lipinski definition) is 2. The van der Waals surface area contributed by atoms with Crippen LogP contribution in [0.1, 0.15) is 67.3 Å². The van der Waals surface area contributed by atoms with Crippen molar-refractivity contribution < 1.29 is 9.53 Å². The van der Waals surface area contributed by atoms with Crippen LogP contribution in [0.15, 0.2) is 18.2 Å². The third-order valence-corrected chi connectivity index (χ3v) is 4.75. The number of carbonyl (C=O) groups excluding carboxylic acids is 1. The molecule has 0 radical (unpaired) electrons. The molecule has 2 nitrogen and oxygen atoms in total. The number of fused-ring (bicyclic) bond motifs is 1. The summed E-state index contributed by atoms with van der Waals surface area (Å²) in [4.78, 5) is 11.8. The van der Waals surface area contributed by atoms with E-state index in [1.807, 2.05) is 12.1 Å². The maximum atomic E-state index is 11.8. The summed E-state index contributed by atoms with van der Waals surface area (Å²) in [6, 6.07) is 5.99. The summed E-state index contributed by atoms with van der Waals surface area (Å²) in [5.74, 6) is 2.09. The minimum atomic E-state index is 0.292. The molecular weight excluding hydrogens is 248 g/mol. The molecular formula is C18H24O2. The van der Waals surface area contributed by atoms with Crippen LogP contribution in [0.4, 0.5) is 0 Å². The lowest BCUT2D eigenvalue weighted by molar-refractivity contribution is 0.0972.